The molecule has 0 aliphatic heterocycles. The van der Waals surface area contributed by atoms with Crippen LogP contribution in [0.2, 0.25) is 5.28 Å². The van der Waals surface area contributed by atoms with E-state index in [1.807, 2.05) is 6.92 Å². The van der Waals surface area contributed by atoms with Gasteiger partial charge in [0, 0.05) is 0 Å². The fourth-order valence-corrected chi connectivity index (χ4v) is 2.44. The lowest BCUT2D eigenvalue weighted by Crippen LogP contribution is -2.13. The monoisotopic (exact) mass is 285 g/mol. The van der Waals surface area contributed by atoms with Gasteiger partial charge in [-0.15, -0.1) is 4.98 Å². The largest absolute Gasteiger partial charge is 0.464 e. The molecular weight excluding hydrogens is 266 g/mol. The average Bonchev–Trinajstić information content (AvgIpc) is 2.64. The molecule has 1 aliphatic carbocycles. The molecule has 1 heterocycles. The maximum Gasteiger partial charge on any atom is 0.323 e. The molecule has 0 amide bonds. The Morgan fingerprint density at radius 1 is 1.00 bits per heavy atom. The molecular formula is C13H20ClN3O2. The first-order valence-corrected chi connectivity index (χ1v) is 7.33. The van der Waals surface area contributed by atoms with E-state index in [2.05, 4.69) is 15.0 Å². The minimum absolute atomic E-state index is 0.106. The second-order valence-electron chi connectivity index (χ2n) is 4.77. The second kappa shape index (κ2) is 7.48. The van der Waals surface area contributed by atoms with Gasteiger partial charge in [0.1, 0.15) is 0 Å². The summed E-state index contributed by atoms with van der Waals surface area (Å²) in [6, 6.07) is 0.478. The van der Waals surface area contributed by atoms with Crippen molar-refractivity contribution in [1.29, 1.82) is 0 Å². The number of hydrogen-bond acceptors (Lipinski definition) is 5. The summed E-state index contributed by atoms with van der Waals surface area (Å²) in [4.78, 5) is 11.9. The molecule has 0 saturated heterocycles. The summed E-state index contributed by atoms with van der Waals surface area (Å²) in [5.41, 5.74) is 0. The molecule has 5 nitrogen and oxygen atoms in total. The molecule has 0 bridgehead atoms. The van der Waals surface area contributed by atoms with E-state index in [0.717, 1.165) is 0 Å². The number of halogens is 1. The van der Waals surface area contributed by atoms with Gasteiger partial charge in [0.25, 0.3) is 0 Å². The summed E-state index contributed by atoms with van der Waals surface area (Å²) in [5.74, 6) is 0.591. The molecule has 0 atom stereocenters. The molecule has 0 N–H and O–H groups in total. The van der Waals surface area contributed by atoms with Crippen LogP contribution in [0.15, 0.2) is 0 Å². The van der Waals surface area contributed by atoms with E-state index >= 15 is 0 Å². The molecule has 1 aromatic heterocycles. The Labute approximate surface area is 118 Å². The smallest absolute Gasteiger partial charge is 0.323 e. The van der Waals surface area contributed by atoms with Crippen LogP contribution in [0.1, 0.15) is 45.4 Å². The normalized spacial score (nSPS) is 16.9. The summed E-state index contributed by atoms with van der Waals surface area (Å²) >= 11 is 5.81. The molecule has 1 fully saturated rings. The number of hydrogen-bond donors (Lipinski definition) is 0. The van der Waals surface area contributed by atoms with Gasteiger partial charge in [-0.05, 0) is 37.3 Å². The number of rotatable bonds is 5. The fraction of sp³-hybridized carbons (Fsp3) is 0.769. The van der Waals surface area contributed by atoms with Crippen molar-refractivity contribution in [1.82, 2.24) is 15.0 Å². The van der Waals surface area contributed by atoms with Crippen molar-refractivity contribution in [2.75, 3.05) is 13.2 Å². The van der Waals surface area contributed by atoms with Crippen LogP contribution in [0, 0.1) is 5.92 Å². The van der Waals surface area contributed by atoms with Crippen LogP contribution >= 0.6 is 11.6 Å². The van der Waals surface area contributed by atoms with Gasteiger partial charge in [-0.3, -0.25) is 0 Å². The highest BCUT2D eigenvalue weighted by atomic mass is 35.5. The summed E-state index contributed by atoms with van der Waals surface area (Å²) < 4.78 is 10.9. The van der Waals surface area contributed by atoms with E-state index in [1.54, 1.807) is 0 Å². The highest BCUT2D eigenvalue weighted by molar-refractivity contribution is 6.28. The van der Waals surface area contributed by atoms with Gasteiger partial charge < -0.3 is 9.47 Å². The van der Waals surface area contributed by atoms with Crippen LogP contribution in [0.25, 0.3) is 0 Å². The molecule has 1 aromatic rings. The SMILES string of the molecule is CCOc1nc(Cl)nc(OCC2CCCCCC2)n1. The van der Waals surface area contributed by atoms with Crippen LogP contribution < -0.4 is 9.47 Å². The summed E-state index contributed by atoms with van der Waals surface area (Å²) in [7, 11) is 0. The first-order valence-electron chi connectivity index (χ1n) is 6.95. The molecule has 0 spiro atoms. The van der Waals surface area contributed by atoms with Gasteiger partial charge in [0.15, 0.2) is 0 Å². The van der Waals surface area contributed by atoms with Crippen molar-refractivity contribution in [3.05, 3.63) is 5.28 Å². The zero-order valence-electron chi connectivity index (χ0n) is 11.3. The lowest BCUT2D eigenvalue weighted by molar-refractivity contribution is 0.211. The van der Waals surface area contributed by atoms with E-state index in [9.17, 15) is 0 Å². The zero-order chi connectivity index (χ0) is 13.5. The predicted octanol–water partition coefficient (Wildman–Crippen LogP) is 3.27. The maximum atomic E-state index is 5.81. The predicted molar refractivity (Wildman–Crippen MR) is 72.7 cm³/mol. The third-order valence-corrected chi connectivity index (χ3v) is 3.43. The molecule has 19 heavy (non-hydrogen) atoms. The van der Waals surface area contributed by atoms with Gasteiger partial charge in [-0.2, -0.15) is 9.97 Å². The first-order chi connectivity index (χ1) is 9.28. The summed E-state index contributed by atoms with van der Waals surface area (Å²) in [5, 5.41) is 0.106. The second-order valence-corrected chi connectivity index (χ2v) is 5.11. The van der Waals surface area contributed by atoms with E-state index < -0.39 is 0 Å². The molecule has 1 saturated carbocycles. The number of nitrogens with zero attached hydrogens (tertiary/aromatic N) is 3. The summed E-state index contributed by atoms with van der Waals surface area (Å²) in [6.07, 6.45) is 7.69. The molecule has 0 radical (unpaired) electrons. The number of aromatic nitrogens is 3. The molecule has 106 valence electrons. The van der Waals surface area contributed by atoms with Crippen molar-refractivity contribution in [2.45, 2.75) is 45.4 Å². The first kappa shape index (κ1) is 14.3. The number of ether oxygens (including phenoxy) is 2. The van der Waals surface area contributed by atoms with Gasteiger partial charge in [0.05, 0.1) is 13.2 Å². The quantitative estimate of drug-likeness (QED) is 0.777. The van der Waals surface area contributed by atoms with Crippen LogP contribution in [0.4, 0.5) is 0 Å². The van der Waals surface area contributed by atoms with Crippen molar-refractivity contribution >= 4 is 11.6 Å². The van der Waals surface area contributed by atoms with Crippen LogP contribution in [0.5, 0.6) is 12.0 Å². The average molecular weight is 286 g/mol. The van der Waals surface area contributed by atoms with Crippen molar-refractivity contribution in [3.8, 4) is 12.0 Å². The minimum atomic E-state index is 0.106. The Balaban J connectivity index is 1.90. The van der Waals surface area contributed by atoms with Gasteiger partial charge in [0.2, 0.25) is 5.28 Å². The van der Waals surface area contributed by atoms with Gasteiger partial charge in [-0.25, -0.2) is 0 Å². The van der Waals surface area contributed by atoms with E-state index in [1.165, 1.54) is 38.5 Å². The minimum Gasteiger partial charge on any atom is -0.464 e. The zero-order valence-corrected chi connectivity index (χ0v) is 12.0. The van der Waals surface area contributed by atoms with E-state index in [4.69, 9.17) is 21.1 Å². The Kier molecular flexibility index (Phi) is 5.63. The fourth-order valence-electron chi connectivity index (χ4n) is 2.30. The maximum absolute atomic E-state index is 5.81. The Hall–Kier alpha value is -1.10. The molecule has 1 aliphatic rings. The summed E-state index contributed by atoms with van der Waals surface area (Å²) in [6.45, 7) is 3.00. The standard InChI is InChI=1S/C13H20ClN3O2/c1-2-18-12-15-11(14)16-13(17-12)19-9-10-7-5-3-4-6-8-10/h10H,2-9H2,1H3. The lowest BCUT2D eigenvalue weighted by atomic mass is 10.0. The van der Waals surface area contributed by atoms with Gasteiger partial charge >= 0.3 is 12.0 Å². The van der Waals surface area contributed by atoms with Crippen LogP contribution in [-0.2, 0) is 0 Å². The Morgan fingerprint density at radius 3 is 2.26 bits per heavy atom. The van der Waals surface area contributed by atoms with Gasteiger partial charge in [-0.1, -0.05) is 25.7 Å². The third-order valence-electron chi connectivity index (χ3n) is 3.26. The Morgan fingerprint density at radius 2 is 1.63 bits per heavy atom. The highest BCUT2D eigenvalue weighted by Crippen LogP contribution is 2.23. The lowest BCUT2D eigenvalue weighted by Gasteiger charge is -2.14. The molecule has 0 unspecified atom stereocenters. The van der Waals surface area contributed by atoms with Crippen molar-refractivity contribution in [3.63, 3.8) is 0 Å². The van der Waals surface area contributed by atoms with E-state index in [-0.39, 0.29) is 17.3 Å². The molecule has 6 heteroatoms. The van der Waals surface area contributed by atoms with Crippen LogP contribution in [0.3, 0.4) is 0 Å². The molecule has 0 aromatic carbocycles. The third kappa shape index (κ3) is 4.82. The van der Waals surface area contributed by atoms with Crippen LogP contribution in [-0.4, -0.2) is 28.2 Å². The topological polar surface area (TPSA) is 57.1 Å². The van der Waals surface area contributed by atoms with Crippen molar-refractivity contribution in [2.24, 2.45) is 5.92 Å². The highest BCUT2D eigenvalue weighted by Gasteiger charge is 2.14. The van der Waals surface area contributed by atoms with E-state index in [0.29, 0.717) is 19.1 Å². The van der Waals surface area contributed by atoms with Crippen molar-refractivity contribution < 1.29 is 9.47 Å². The molecule has 2 rings (SSSR count). The Bertz CT molecular complexity index is 395.